The van der Waals surface area contributed by atoms with Crippen LogP contribution in [0.2, 0.25) is 0 Å². The first-order valence-corrected chi connectivity index (χ1v) is 8.03. The van der Waals surface area contributed by atoms with Crippen molar-refractivity contribution in [3.63, 3.8) is 0 Å². The van der Waals surface area contributed by atoms with Gasteiger partial charge in [-0.15, -0.1) is 0 Å². The number of hydrogen-bond donors (Lipinski definition) is 1. The van der Waals surface area contributed by atoms with E-state index in [0.29, 0.717) is 26.0 Å². The molecule has 2 fully saturated rings. The van der Waals surface area contributed by atoms with Gasteiger partial charge in [0.15, 0.2) is 0 Å². The van der Waals surface area contributed by atoms with E-state index < -0.39 is 0 Å². The van der Waals surface area contributed by atoms with Gasteiger partial charge in [-0.05, 0) is 39.0 Å². The highest BCUT2D eigenvalue weighted by atomic mass is 16.5. The molecule has 6 nitrogen and oxygen atoms in total. The quantitative estimate of drug-likeness (QED) is 0.905. The molecular formula is C16H24N2O4. The summed E-state index contributed by atoms with van der Waals surface area (Å²) in [6.45, 7) is 5.21. The minimum Gasteiger partial charge on any atom is -0.396 e. The van der Waals surface area contributed by atoms with Crippen molar-refractivity contribution in [1.82, 2.24) is 10.1 Å². The van der Waals surface area contributed by atoms with Crippen LogP contribution in [0.1, 0.15) is 36.3 Å². The molecule has 2 aliphatic rings. The SMILES string of the molecule is Cc1noc(C)c1CCC(=O)N1CCO[C@H]2C[C@H](CO)C[C@@H]21. The average molecular weight is 308 g/mol. The zero-order valence-electron chi connectivity index (χ0n) is 13.2. The predicted molar refractivity (Wildman–Crippen MR) is 79.3 cm³/mol. The molecule has 1 saturated heterocycles. The van der Waals surface area contributed by atoms with Crippen LogP contribution in [-0.2, 0) is 16.0 Å². The third-order valence-corrected chi connectivity index (χ3v) is 4.98. The topological polar surface area (TPSA) is 75.8 Å². The molecule has 1 saturated carbocycles. The zero-order chi connectivity index (χ0) is 15.7. The molecule has 22 heavy (non-hydrogen) atoms. The summed E-state index contributed by atoms with van der Waals surface area (Å²) in [6, 6.07) is 0.128. The summed E-state index contributed by atoms with van der Waals surface area (Å²) < 4.78 is 10.9. The number of amides is 1. The molecule has 1 amide bonds. The van der Waals surface area contributed by atoms with Crippen LogP contribution in [0.25, 0.3) is 0 Å². The Bertz CT molecular complexity index is 523. The summed E-state index contributed by atoms with van der Waals surface area (Å²) in [5, 5.41) is 13.3. The first-order valence-electron chi connectivity index (χ1n) is 8.03. The van der Waals surface area contributed by atoms with Gasteiger partial charge in [0.05, 0.1) is 24.4 Å². The van der Waals surface area contributed by atoms with Gasteiger partial charge in [-0.2, -0.15) is 0 Å². The van der Waals surface area contributed by atoms with E-state index in [9.17, 15) is 9.90 Å². The maximum Gasteiger partial charge on any atom is 0.223 e. The standard InChI is InChI=1S/C16H24N2O4/c1-10-13(11(2)22-17-10)3-4-16(20)18-5-6-21-15-8-12(9-19)7-14(15)18/h12,14-15,19H,3-9H2,1-2H3/t12-,14+,15+/m1/s1. The fraction of sp³-hybridized carbons (Fsp3) is 0.750. The number of nitrogens with zero attached hydrogens (tertiary/aromatic N) is 2. The van der Waals surface area contributed by atoms with Gasteiger partial charge in [0.25, 0.3) is 0 Å². The maximum atomic E-state index is 12.6. The molecule has 1 aromatic heterocycles. The van der Waals surface area contributed by atoms with Crippen molar-refractivity contribution in [2.45, 2.75) is 51.7 Å². The highest BCUT2D eigenvalue weighted by Gasteiger charge is 2.42. The molecule has 1 N–H and O–H groups in total. The number of hydrogen-bond acceptors (Lipinski definition) is 5. The minimum atomic E-state index is 0.0916. The van der Waals surface area contributed by atoms with Gasteiger partial charge < -0.3 is 19.3 Å². The predicted octanol–water partition coefficient (Wildman–Crippen LogP) is 1.22. The van der Waals surface area contributed by atoms with Gasteiger partial charge in [-0.25, -0.2) is 0 Å². The second-order valence-electron chi connectivity index (χ2n) is 6.39. The third-order valence-electron chi connectivity index (χ3n) is 4.98. The number of fused-ring (bicyclic) bond motifs is 1. The van der Waals surface area contributed by atoms with Crippen LogP contribution in [0.15, 0.2) is 4.52 Å². The summed E-state index contributed by atoms with van der Waals surface area (Å²) in [5.41, 5.74) is 1.91. The first-order chi connectivity index (χ1) is 10.6. The molecule has 0 unspecified atom stereocenters. The Labute approximate surface area is 130 Å². The number of aliphatic hydroxyl groups excluding tert-OH is 1. The van der Waals surface area contributed by atoms with Crippen molar-refractivity contribution in [3.05, 3.63) is 17.0 Å². The van der Waals surface area contributed by atoms with Gasteiger partial charge in [0.2, 0.25) is 5.91 Å². The minimum absolute atomic E-state index is 0.0916. The van der Waals surface area contributed by atoms with E-state index >= 15 is 0 Å². The molecule has 0 aromatic carbocycles. The molecule has 3 atom stereocenters. The number of morpholine rings is 1. The number of ether oxygens (including phenoxy) is 1. The van der Waals surface area contributed by atoms with Gasteiger partial charge in [0, 0.05) is 25.1 Å². The van der Waals surface area contributed by atoms with E-state index in [0.717, 1.165) is 29.9 Å². The fourth-order valence-corrected chi connectivity index (χ4v) is 3.74. The van der Waals surface area contributed by atoms with Crippen LogP contribution in [0.4, 0.5) is 0 Å². The molecule has 0 bridgehead atoms. The van der Waals surface area contributed by atoms with Crippen LogP contribution in [0, 0.1) is 19.8 Å². The first kappa shape index (κ1) is 15.5. The Hall–Kier alpha value is -1.40. The van der Waals surface area contributed by atoms with Gasteiger partial charge in [-0.1, -0.05) is 5.16 Å². The summed E-state index contributed by atoms with van der Waals surface area (Å²) in [5.74, 6) is 1.22. The molecule has 1 aromatic rings. The van der Waals surface area contributed by atoms with E-state index in [1.165, 1.54) is 0 Å². The van der Waals surface area contributed by atoms with E-state index in [1.54, 1.807) is 0 Å². The van der Waals surface area contributed by atoms with Crippen LogP contribution in [-0.4, -0.2) is 53.0 Å². The van der Waals surface area contributed by atoms with E-state index in [4.69, 9.17) is 9.26 Å². The highest BCUT2D eigenvalue weighted by Crippen LogP contribution is 2.34. The molecular weight excluding hydrogens is 284 g/mol. The van der Waals surface area contributed by atoms with Gasteiger partial charge >= 0.3 is 0 Å². The molecule has 1 aliphatic heterocycles. The number of aromatic nitrogens is 1. The smallest absolute Gasteiger partial charge is 0.223 e. The molecule has 1 aliphatic carbocycles. The lowest BCUT2D eigenvalue weighted by molar-refractivity contribution is -0.143. The fourth-order valence-electron chi connectivity index (χ4n) is 3.74. The van der Waals surface area contributed by atoms with E-state index in [2.05, 4.69) is 5.16 Å². The lowest BCUT2D eigenvalue weighted by Gasteiger charge is -2.37. The second-order valence-corrected chi connectivity index (χ2v) is 6.39. The molecule has 0 radical (unpaired) electrons. The number of carbonyl (C=O) groups excluding carboxylic acids is 1. The lowest BCUT2D eigenvalue weighted by atomic mass is 10.1. The van der Waals surface area contributed by atoms with E-state index in [-0.39, 0.29) is 30.6 Å². The van der Waals surface area contributed by atoms with Crippen molar-refractivity contribution in [2.75, 3.05) is 19.8 Å². The molecule has 6 heteroatoms. The van der Waals surface area contributed by atoms with Crippen molar-refractivity contribution >= 4 is 5.91 Å². The Morgan fingerprint density at radius 3 is 2.91 bits per heavy atom. The Morgan fingerprint density at radius 1 is 1.41 bits per heavy atom. The summed E-state index contributed by atoms with van der Waals surface area (Å²) in [6.07, 6.45) is 2.93. The number of carbonyl (C=O) groups is 1. The largest absolute Gasteiger partial charge is 0.396 e. The van der Waals surface area contributed by atoms with Crippen molar-refractivity contribution in [1.29, 1.82) is 0 Å². The Morgan fingerprint density at radius 2 is 2.23 bits per heavy atom. The molecule has 122 valence electrons. The molecule has 3 rings (SSSR count). The summed E-state index contributed by atoms with van der Waals surface area (Å²) >= 11 is 0. The van der Waals surface area contributed by atoms with Crippen LogP contribution in [0.3, 0.4) is 0 Å². The van der Waals surface area contributed by atoms with Crippen LogP contribution in [0.5, 0.6) is 0 Å². The van der Waals surface area contributed by atoms with Crippen molar-refractivity contribution in [2.24, 2.45) is 5.92 Å². The molecule has 2 heterocycles. The van der Waals surface area contributed by atoms with Crippen molar-refractivity contribution in [3.8, 4) is 0 Å². The maximum absolute atomic E-state index is 12.6. The second kappa shape index (κ2) is 6.38. The number of rotatable bonds is 4. The third kappa shape index (κ3) is 2.90. The highest BCUT2D eigenvalue weighted by molar-refractivity contribution is 5.77. The average Bonchev–Trinajstić information content (AvgIpc) is 3.08. The van der Waals surface area contributed by atoms with Gasteiger partial charge in [-0.3, -0.25) is 4.79 Å². The van der Waals surface area contributed by atoms with E-state index in [1.807, 2.05) is 18.7 Å². The van der Waals surface area contributed by atoms with Crippen LogP contribution < -0.4 is 0 Å². The monoisotopic (exact) mass is 308 g/mol. The number of aliphatic hydroxyl groups is 1. The van der Waals surface area contributed by atoms with Crippen LogP contribution >= 0.6 is 0 Å². The lowest BCUT2D eigenvalue weighted by Crippen LogP contribution is -2.51. The van der Waals surface area contributed by atoms with Gasteiger partial charge in [0.1, 0.15) is 5.76 Å². The zero-order valence-corrected chi connectivity index (χ0v) is 13.2. The van der Waals surface area contributed by atoms with Crippen molar-refractivity contribution < 1.29 is 19.2 Å². The number of aryl methyl sites for hydroxylation is 2. The normalized spacial score (nSPS) is 28.0. The summed E-state index contributed by atoms with van der Waals surface area (Å²) in [7, 11) is 0. The molecule has 0 spiro atoms. The summed E-state index contributed by atoms with van der Waals surface area (Å²) in [4.78, 5) is 14.6. The Kier molecular flexibility index (Phi) is 4.49. The Balaban J connectivity index is 1.62.